The summed E-state index contributed by atoms with van der Waals surface area (Å²) in [6.45, 7) is 23.4. The van der Waals surface area contributed by atoms with Crippen LogP contribution in [-0.2, 0) is 14.3 Å². The average molecular weight is 763 g/mol. The smallest absolute Gasteiger partial charge is 0.481 e. The predicted octanol–water partition coefficient (Wildman–Crippen LogP) is 7.84. The summed E-state index contributed by atoms with van der Waals surface area (Å²) in [6.07, 6.45) is 7.17. The highest BCUT2D eigenvalue weighted by molar-refractivity contribution is 9.10. The molecule has 0 aromatic carbocycles. The van der Waals surface area contributed by atoms with Crippen LogP contribution in [0.5, 0.6) is 0 Å². The van der Waals surface area contributed by atoms with Crippen LogP contribution < -0.4 is 5.73 Å². The van der Waals surface area contributed by atoms with E-state index in [-0.39, 0.29) is 52.1 Å². The standard InChI is InChI=1S/C38H60BrN5O6/c1-21(2)23(5)33(6)15-16-35(8)24-11-12-27-34(7)18-49-20-38(27,25(24)13-14-36(35,9)28(33)30(45)46)17-26(29(34)50-19-37(10,40)22(3)4)43-31(39)41-32(42-43)44(47)48/h13,21-24,26-29H,11-12,14-20,40H2,1-10H3,(H,45,46)/t23-,24+,26-,27+,28-,29+,33-,34-,35-,36+,37+,38+/m1/s1. The summed E-state index contributed by atoms with van der Waals surface area (Å²) in [5.74, 6) is -0.327. The van der Waals surface area contributed by atoms with E-state index in [1.165, 1.54) is 5.57 Å². The number of carboxylic acid groups (broad SMARTS) is 1. The van der Waals surface area contributed by atoms with Gasteiger partial charge in [-0.15, -0.1) is 0 Å². The van der Waals surface area contributed by atoms with Crippen LogP contribution in [0.15, 0.2) is 16.4 Å². The molecule has 280 valence electrons. The van der Waals surface area contributed by atoms with Crippen molar-refractivity contribution in [1.29, 1.82) is 0 Å². The van der Waals surface area contributed by atoms with Gasteiger partial charge in [-0.25, -0.2) is 0 Å². The van der Waals surface area contributed by atoms with Gasteiger partial charge in [0.2, 0.25) is 0 Å². The van der Waals surface area contributed by atoms with Crippen molar-refractivity contribution in [3.8, 4) is 0 Å². The molecule has 3 N–H and O–H groups in total. The average Bonchev–Trinajstić information content (AvgIpc) is 3.41. The van der Waals surface area contributed by atoms with Crippen molar-refractivity contribution >= 4 is 27.8 Å². The number of allylic oxidation sites excluding steroid dienone is 1. The number of nitrogens with two attached hydrogens (primary N) is 1. The molecule has 1 aromatic rings. The molecule has 2 heterocycles. The number of fused-ring (bicyclic) bond motifs is 3. The number of ether oxygens (including phenoxy) is 2. The number of hydrogen-bond donors (Lipinski definition) is 2. The second-order valence-electron chi connectivity index (χ2n) is 18.9. The number of carboxylic acids is 1. The second kappa shape index (κ2) is 12.3. The Morgan fingerprint density at radius 2 is 1.86 bits per heavy atom. The fourth-order valence-corrected chi connectivity index (χ4v) is 12.6. The Bertz CT molecular complexity index is 1560. The van der Waals surface area contributed by atoms with E-state index in [9.17, 15) is 20.0 Å². The summed E-state index contributed by atoms with van der Waals surface area (Å²) < 4.78 is 15.6. The van der Waals surface area contributed by atoms with Crippen LogP contribution in [0.4, 0.5) is 5.95 Å². The van der Waals surface area contributed by atoms with Gasteiger partial charge in [-0.1, -0.05) is 74.0 Å². The third-order valence-corrected chi connectivity index (χ3v) is 16.6. The van der Waals surface area contributed by atoms with Crippen molar-refractivity contribution in [3.63, 3.8) is 0 Å². The molecule has 0 amide bonds. The number of halogens is 1. The topological polar surface area (TPSA) is 156 Å². The van der Waals surface area contributed by atoms with Crippen molar-refractivity contribution in [2.45, 2.75) is 125 Å². The molecular formula is C38H60BrN5O6. The Morgan fingerprint density at radius 3 is 2.44 bits per heavy atom. The zero-order chi connectivity index (χ0) is 37.0. The molecule has 50 heavy (non-hydrogen) atoms. The summed E-state index contributed by atoms with van der Waals surface area (Å²) in [4.78, 5) is 29.0. The first-order valence-electron chi connectivity index (χ1n) is 18.8. The van der Waals surface area contributed by atoms with E-state index in [1.807, 2.05) is 6.92 Å². The normalized spacial score (nSPS) is 42.9. The predicted molar refractivity (Wildman–Crippen MR) is 194 cm³/mol. The van der Waals surface area contributed by atoms with Crippen LogP contribution >= 0.6 is 15.9 Å². The van der Waals surface area contributed by atoms with Crippen molar-refractivity contribution in [2.75, 3.05) is 19.8 Å². The molecule has 6 rings (SSSR count). The summed E-state index contributed by atoms with van der Waals surface area (Å²) in [5, 5.41) is 27.4. The van der Waals surface area contributed by atoms with Gasteiger partial charge in [0.15, 0.2) is 0 Å². The molecule has 12 atom stereocenters. The summed E-state index contributed by atoms with van der Waals surface area (Å²) in [5.41, 5.74) is 5.80. The molecule has 3 saturated carbocycles. The van der Waals surface area contributed by atoms with Gasteiger partial charge in [0.1, 0.15) is 0 Å². The van der Waals surface area contributed by atoms with E-state index in [1.54, 1.807) is 4.68 Å². The lowest BCUT2D eigenvalue weighted by molar-refractivity contribution is -0.394. The highest BCUT2D eigenvalue weighted by Gasteiger charge is 2.72. The van der Waals surface area contributed by atoms with E-state index < -0.39 is 39.1 Å². The quantitative estimate of drug-likeness (QED) is 0.145. The van der Waals surface area contributed by atoms with Gasteiger partial charge in [-0.05, 0) is 101 Å². The lowest BCUT2D eigenvalue weighted by Gasteiger charge is -2.71. The Labute approximate surface area is 306 Å². The van der Waals surface area contributed by atoms with Crippen LogP contribution in [0.2, 0.25) is 0 Å². The first-order chi connectivity index (χ1) is 23.1. The van der Waals surface area contributed by atoms with Crippen LogP contribution in [0.25, 0.3) is 0 Å². The lowest BCUT2D eigenvalue weighted by Crippen LogP contribution is -2.69. The maximum atomic E-state index is 13.5. The number of hydrogen-bond acceptors (Lipinski definition) is 8. The van der Waals surface area contributed by atoms with E-state index in [2.05, 4.69) is 94.4 Å². The minimum atomic E-state index is -0.672. The zero-order valence-electron chi connectivity index (χ0n) is 31.8. The summed E-state index contributed by atoms with van der Waals surface area (Å²) in [6, 6.07) is -0.368. The second-order valence-corrected chi connectivity index (χ2v) is 19.6. The number of nitro groups is 1. The molecule has 4 aliphatic carbocycles. The number of rotatable bonds is 9. The molecular weight excluding hydrogens is 702 g/mol. The summed E-state index contributed by atoms with van der Waals surface area (Å²) >= 11 is 3.53. The molecule has 0 unspecified atom stereocenters. The lowest BCUT2D eigenvalue weighted by atomic mass is 9.34. The van der Waals surface area contributed by atoms with Crippen molar-refractivity contribution in [1.82, 2.24) is 14.8 Å². The SMILES string of the molecule is CC(C)[C@@H](C)[C@@]1(C)CC[C@]2(C)[C@H]3CC[C@@H]4[C@@]5(COC[C@@]4(C)[C@@H](OC[C@](C)(N)C(C)C)[C@H](n4nc([N+](=O)[O-])nc4Br)C5)C3=CC[C@@]2(C)[C@@H]1C(=O)O. The van der Waals surface area contributed by atoms with Gasteiger partial charge in [0.05, 0.1) is 37.9 Å². The zero-order valence-corrected chi connectivity index (χ0v) is 33.4. The minimum absolute atomic E-state index is 0.173. The third-order valence-electron chi connectivity index (χ3n) is 16.0. The number of nitrogens with zero attached hydrogens (tertiary/aromatic N) is 4. The number of aromatic nitrogens is 3. The Morgan fingerprint density at radius 1 is 1.18 bits per heavy atom. The molecule has 4 fully saturated rings. The molecule has 0 radical (unpaired) electrons. The van der Waals surface area contributed by atoms with Gasteiger partial charge in [0.25, 0.3) is 4.73 Å². The fourth-order valence-electron chi connectivity index (χ4n) is 12.1. The highest BCUT2D eigenvalue weighted by Crippen LogP contribution is 2.75. The maximum absolute atomic E-state index is 13.5. The molecule has 11 nitrogen and oxygen atoms in total. The molecule has 2 bridgehead atoms. The van der Waals surface area contributed by atoms with Gasteiger partial charge in [0, 0.05) is 37.4 Å². The van der Waals surface area contributed by atoms with E-state index in [4.69, 9.17) is 15.2 Å². The Balaban J connectivity index is 1.48. The first kappa shape index (κ1) is 37.9. The van der Waals surface area contributed by atoms with E-state index >= 15 is 0 Å². The first-order valence-corrected chi connectivity index (χ1v) is 19.6. The van der Waals surface area contributed by atoms with Crippen LogP contribution in [0.3, 0.4) is 0 Å². The fraction of sp³-hybridized carbons (Fsp3) is 0.868. The molecule has 1 aliphatic heterocycles. The molecule has 5 aliphatic rings. The third kappa shape index (κ3) is 5.22. The highest BCUT2D eigenvalue weighted by atomic mass is 79.9. The molecule has 0 spiro atoms. The molecule has 12 heteroatoms. The Hall–Kier alpha value is -1.89. The van der Waals surface area contributed by atoms with Crippen LogP contribution in [0.1, 0.15) is 114 Å². The van der Waals surface area contributed by atoms with Gasteiger partial charge in [-0.3, -0.25) is 4.79 Å². The van der Waals surface area contributed by atoms with Gasteiger partial charge >= 0.3 is 11.9 Å². The largest absolute Gasteiger partial charge is 0.492 e. The van der Waals surface area contributed by atoms with Crippen molar-refractivity contribution < 1.29 is 24.3 Å². The minimum Gasteiger partial charge on any atom is -0.481 e. The van der Waals surface area contributed by atoms with E-state index in [0.717, 1.165) is 25.7 Å². The van der Waals surface area contributed by atoms with Crippen molar-refractivity contribution in [3.05, 3.63) is 26.5 Å². The molecule has 1 aromatic heterocycles. The van der Waals surface area contributed by atoms with Crippen LogP contribution in [0, 0.1) is 72.7 Å². The Kier molecular flexibility index (Phi) is 9.34. The number of aliphatic carboxylic acids is 1. The van der Waals surface area contributed by atoms with Gasteiger partial charge < -0.3 is 30.4 Å². The van der Waals surface area contributed by atoms with Crippen LogP contribution in [-0.4, -0.2) is 62.2 Å². The summed E-state index contributed by atoms with van der Waals surface area (Å²) in [7, 11) is 0. The number of carbonyl (C=O) groups is 1. The van der Waals surface area contributed by atoms with Gasteiger partial charge in [-0.2, -0.15) is 4.68 Å². The molecule has 1 saturated heterocycles. The maximum Gasteiger partial charge on any atom is 0.492 e. The monoisotopic (exact) mass is 761 g/mol. The van der Waals surface area contributed by atoms with Crippen molar-refractivity contribution in [2.24, 2.45) is 68.3 Å². The van der Waals surface area contributed by atoms with E-state index in [0.29, 0.717) is 43.3 Å².